The number of nitrogens with one attached hydrogen (secondary N) is 2. The highest BCUT2D eigenvalue weighted by Crippen LogP contribution is 2.27. The lowest BCUT2D eigenvalue weighted by molar-refractivity contribution is -0.116. The summed E-state index contributed by atoms with van der Waals surface area (Å²) < 4.78 is 6.13. The summed E-state index contributed by atoms with van der Waals surface area (Å²) in [5, 5.41) is 5.71. The van der Waals surface area contributed by atoms with Crippen molar-refractivity contribution in [2.75, 3.05) is 26.0 Å². The molecule has 0 saturated heterocycles. The molecule has 0 bridgehead atoms. The molecule has 0 aliphatic rings. The maximum atomic E-state index is 12.4. The SMILES string of the molecule is Cc1oc(C)c(C(=O)NCc2cccc(NC(=O)CN(C)C)c2)c1Br. The molecular formula is C18H22BrN3O3. The Hall–Kier alpha value is -2.12. The van der Waals surface area contributed by atoms with Gasteiger partial charge < -0.3 is 20.0 Å². The van der Waals surface area contributed by atoms with Crippen LogP contribution < -0.4 is 10.6 Å². The van der Waals surface area contributed by atoms with Gasteiger partial charge in [-0.25, -0.2) is 0 Å². The number of rotatable bonds is 6. The highest BCUT2D eigenvalue weighted by Gasteiger charge is 2.19. The number of benzene rings is 1. The van der Waals surface area contributed by atoms with Crippen LogP contribution in [0.2, 0.25) is 0 Å². The van der Waals surface area contributed by atoms with Crippen molar-refractivity contribution in [3.63, 3.8) is 0 Å². The Morgan fingerprint density at radius 2 is 1.92 bits per heavy atom. The standard InChI is InChI=1S/C18H22BrN3O3/c1-11-16(17(19)12(2)25-11)18(24)20-9-13-6-5-7-14(8-13)21-15(23)10-22(3)4/h5-8H,9-10H2,1-4H3,(H,20,24)(H,21,23). The van der Waals surface area contributed by atoms with Crippen molar-refractivity contribution in [1.82, 2.24) is 10.2 Å². The van der Waals surface area contributed by atoms with Crippen molar-refractivity contribution in [3.05, 3.63) is 51.4 Å². The molecule has 0 saturated carbocycles. The van der Waals surface area contributed by atoms with E-state index in [1.54, 1.807) is 18.7 Å². The number of carbonyl (C=O) groups is 2. The first-order valence-corrected chi connectivity index (χ1v) is 8.64. The quantitative estimate of drug-likeness (QED) is 0.771. The molecule has 0 aliphatic carbocycles. The number of nitrogens with zero attached hydrogens (tertiary/aromatic N) is 1. The molecule has 6 nitrogen and oxygen atoms in total. The molecule has 0 spiro atoms. The van der Waals surface area contributed by atoms with Gasteiger partial charge in [-0.1, -0.05) is 12.1 Å². The number of amides is 2. The normalized spacial score (nSPS) is 10.8. The Bertz CT molecular complexity index is 784. The fraction of sp³-hybridized carbons (Fsp3) is 0.333. The van der Waals surface area contributed by atoms with Crippen molar-refractivity contribution >= 4 is 33.4 Å². The highest BCUT2D eigenvalue weighted by atomic mass is 79.9. The Balaban J connectivity index is 2.00. The number of carbonyl (C=O) groups excluding carboxylic acids is 2. The van der Waals surface area contributed by atoms with Gasteiger partial charge in [-0.3, -0.25) is 9.59 Å². The Labute approximate surface area is 155 Å². The van der Waals surface area contributed by atoms with E-state index in [1.165, 1.54) is 0 Å². The van der Waals surface area contributed by atoms with Crippen LogP contribution in [-0.2, 0) is 11.3 Å². The summed E-state index contributed by atoms with van der Waals surface area (Å²) >= 11 is 3.38. The minimum atomic E-state index is -0.205. The fourth-order valence-electron chi connectivity index (χ4n) is 2.43. The van der Waals surface area contributed by atoms with Crippen LogP contribution in [0.5, 0.6) is 0 Å². The average Bonchev–Trinajstić information content (AvgIpc) is 2.77. The largest absolute Gasteiger partial charge is 0.465 e. The second kappa shape index (κ2) is 8.31. The first-order chi connectivity index (χ1) is 11.8. The third-order valence-electron chi connectivity index (χ3n) is 3.54. The first-order valence-electron chi connectivity index (χ1n) is 7.85. The minimum Gasteiger partial charge on any atom is -0.465 e. The summed E-state index contributed by atoms with van der Waals surface area (Å²) in [6, 6.07) is 7.40. The van der Waals surface area contributed by atoms with Crippen LogP contribution >= 0.6 is 15.9 Å². The number of hydrogen-bond acceptors (Lipinski definition) is 4. The zero-order valence-electron chi connectivity index (χ0n) is 14.8. The molecular weight excluding hydrogens is 386 g/mol. The van der Waals surface area contributed by atoms with E-state index in [0.717, 1.165) is 5.56 Å². The number of halogens is 1. The number of hydrogen-bond donors (Lipinski definition) is 2. The van der Waals surface area contributed by atoms with E-state index >= 15 is 0 Å². The van der Waals surface area contributed by atoms with Gasteiger partial charge in [-0.05, 0) is 61.6 Å². The summed E-state index contributed by atoms with van der Waals surface area (Å²) in [4.78, 5) is 26.0. The zero-order chi connectivity index (χ0) is 18.6. The lowest BCUT2D eigenvalue weighted by Crippen LogP contribution is -2.27. The fourth-order valence-corrected chi connectivity index (χ4v) is 2.97. The minimum absolute atomic E-state index is 0.0837. The highest BCUT2D eigenvalue weighted by molar-refractivity contribution is 9.10. The van der Waals surface area contributed by atoms with Crippen LogP contribution in [0, 0.1) is 13.8 Å². The maximum Gasteiger partial charge on any atom is 0.256 e. The van der Waals surface area contributed by atoms with Crippen molar-refractivity contribution in [2.45, 2.75) is 20.4 Å². The van der Waals surface area contributed by atoms with E-state index < -0.39 is 0 Å². The number of likely N-dealkylation sites (N-methyl/N-ethyl adjacent to an activating group) is 1. The second-order valence-electron chi connectivity index (χ2n) is 6.07. The molecule has 134 valence electrons. The smallest absolute Gasteiger partial charge is 0.256 e. The predicted octanol–water partition coefficient (Wildman–Crippen LogP) is 3.09. The number of aryl methyl sites for hydroxylation is 2. The Morgan fingerprint density at radius 1 is 1.20 bits per heavy atom. The molecule has 0 aliphatic heterocycles. The second-order valence-corrected chi connectivity index (χ2v) is 6.87. The monoisotopic (exact) mass is 407 g/mol. The first kappa shape index (κ1) is 19.2. The van der Waals surface area contributed by atoms with Crippen LogP contribution in [0.1, 0.15) is 27.4 Å². The molecule has 2 aromatic rings. The summed E-state index contributed by atoms with van der Waals surface area (Å²) in [5.41, 5.74) is 2.10. The lowest BCUT2D eigenvalue weighted by Gasteiger charge is -2.11. The molecule has 2 rings (SSSR count). The van der Waals surface area contributed by atoms with Crippen molar-refractivity contribution in [2.24, 2.45) is 0 Å². The van der Waals surface area contributed by atoms with Gasteiger partial charge in [0.25, 0.3) is 5.91 Å². The molecule has 7 heteroatoms. The van der Waals surface area contributed by atoms with Crippen molar-refractivity contribution < 1.29 is 14.0 Å². The molecule has 2 amide bonds. The summed E-state index contributed by atoms with van der Waals surface area (Å²) in [6.45, 7) is 4.22. The third kappa shape index (κ3) is 5.17. The van der Waals surface area contributed by atoms with Crippen molar-refractivity contribution in [1.29, 1.82) is 0 Å². The third-order valence-corrected chi connectivity index (χ3v) is 4.49. The van der Waals surface area contributed by atoms with Crippen LogP contribution in [-0.4, -0.2) is 37.4 Å². The topological polar surface area (TPSA) is 74.6 Å². The molecule has 1 aromatic carbocycles. The van der Waals surface area contributed by atoms with Crippen LogP contribution in [0.3, 0.4) is 0 Å². The van der Waals surface area contributed by atoms with E-state index in [9.17, 15) is 9.59 Å². The van der Waals surface area contributed by atoms with Crippen LogP contribution in [0.25, 0.3) is 0 Å². The van der Waals surface area contributed by atoms with E-state index in [0.29, 0.717) is 40.3 Å². The molecule has 0 fully saturated rings. The van der Waals surface area contributed by atoms with Gasteiger partial charge in [0.05, 0.1) is 16.6 Å². The van der Waals surface area contributed by atoms with Crippen LogP contribution in [0.15, 0.2) is 33.2 Å². The van der Waals surface area contributed by atoms with Gasteiger partial charge in [-0.2, -0.15) is 0 Å². The summed E-state index contributed by atoms with van der Waals surface area (Å²) in [6.07, 6.45) is 0. The summed E-state index contributed by atoms with van der Waals surface area (Å²) in [7, 11) is 3.67. The van der Waals surface area contributed by atoms with E-state index in [2.05, 4.69) is 26.6 Å². The number of anilines is 1. The van der Waals surface area contributed by atoms with Gasteiger partial charge in [0.2, 0.25) is 5.91 Å². The van der Waals surface area contributed by atoms with E-state index in [1.807, 2.05) is 38.4 Å². The van der Waals surface area contributed by atoms with Crippen molar-refractivity contribution in [3.8, 4) is 0 Å². The molecule has 2 N–H and O–H groups in total. The lowest BCUT2D eigenvalue weighted by atomic mass is 10.2. The average molecular weight is 408 g/mol. The maximum absolute atomic E-state index is 12.4. The van der Waals surface area contributed by atoms with Gasteiger partial charge in [0.1, 0.15) is 11.5 Å². The molecule has 25 heavy (non-hydrogen) atoms. The molecule has 0 unspecified atom stereocenters. The zero-order valence-corrected chi connectivity index (χ0v) is 16.4. The van der Waals surface area contributed by atoms with Gasteiger partial charge in [0, 0.05) is 12.2 Å². The number of furan rings is 1. The van der Waals surface area contributed by atoms with Crippen LogP contribution in [0.4, 0.5) is 5.69 Å². The molecule has 0 radical (unpaired) electrons. The van der Waals surface area contributed by atoms with Gasteiger partial charge in [-0.15, -0.1) is 0 Å². The molecule has 0 atom stereocenters. The van der Waals surface area contributed by atoms with E-state index in [-0.39, 0.29) is 11.8 Å². The molecule has 1 heterocycles. The van der Waals surface area contributed by atoms with Gasteiger partial charge >= 0.3 is 0 Å². The Morgan fingerprint density at radius 3 is 2.52 bits per heavy atom. The molecule has 1 aromatic heterocycles. The van der Waals surface area contributed by atoms with E-state index in [4.69, 9.17) is 4.42 Å². The van der Waals surface area contributed by atoms with Gasteiger partial charge in [0.15, 0.2) is 0 Å². The Kier molecular flexibility index (Phi) is 6.39. The predicted molar refractivity (Wildman–Crippen MR) is 101 cm³/mol. The summed E-state index contributed by atoms with van der Waals surface area (Å²) in [5.74, 6) is 0.961.